The molecule has 2 aromatic carbocycles. The molecule has 0 amide bonds. The molecule has 0 radical (unpaired) electrons. The largest absolute Gasteiger partial charge is 0.467 e. The van der Waals surface area contributed by atoms with Crippen molar-refractivity contribution in [1.82, 2.24) is 0 Å². The van der Waals surface area contributed by atoms with E-state index >= 15 is 0 Å². The minimum Gasteiger partial charge on any atom is -0.467 e. The highest BCUT2D eigenvalue weighted by Crippen LogP contribution is 2.40. The van der Waals surface area contributed by atoms with Gasteiger partial charge in [0.15, 0.2) is 6.29 Å². The third-order valence-corrected chi connectivity index (χ3v) is 13.5. The Morgan fingerprint density at radius 3 is 2.05 bits per heavy atom. The van der Waals surface area contributed by atoms with E-state index in [0.29, 0.717) is 12.8 Å². The summed E-state index contributed by atoms with van der Waals surface area (Å²) in [6.45, 7) is 5.43. The Hall–Kier alpha value is -2.23. The van der Waals surface area contributed by atoms with Crippen molar-refractivity contribution < 1.29 is 43.5 Å². The number of aliphatic hydroxyl groups is 3. The molecule has 1 aliphatic carbocycles. The van der Waals surface area contributed by atoms with Crippen molar-refractivity contribution in [2.75, 3.05) is 20.3 Å². The van der Waals surface area contributed by atoms with Gasteiger partial charge in [-0.2, -0.15) is 0 Å². The molecule has 2 aliphatic rings. The maximum atomic E-state index is 11.7. The number of hydrogen-bond acceptors (Lipinski definition) is 11. The quantitative estimate of drug-likeness (QED) is 0.176. The molecule has 1 aliphatic heterocycles. The molecule has 11 nitrogen and oxygen atoms in total. The van der Waals surface area contributed by atoms with Crippen LogP contribution in [-0.4, -0.2) is 105 Å². The number of esters is 1. The van der Waals surface area contributed by atoms with E-state index in [9.17, 15) is 20.1 Å². The average Bonchev–Trinajstić information content (AvgIpc) is 3.00. The highest BCUT2D eigenvalue weighted by Gasteiger charge is 2.55. The fourth-order valence-corrected chi connectivity index (χ4v) is 10.9. The molecule has 0 spiro atoms. The van der Waals surface area contributed by atoms with Gasteiger partial charge in [0.1, 0.15) is 31.0 Å². The smallest absolute Gasteiger partial charge is 0.331 e. The van der Waals surface area contributed by atoms with Gasteiger partial charge in [0.2, 0.25) is 0 Å². The molecule has 2 aromatic rings. The van der Waals surface area contributed by atoms with Gasteiger partial charge in [-0.25, -0.2) is 4.79 Å². The number of benzene rings is 2. The number of nitrogens with two attached hydrogens (primary N) is 2. The summed E-state index contributed by atoms with van der Waals surface area (Å²) >= 11 is 0. The van der Waals surface area contributed by atoms with E-state index in [-0.39, 0.29) is 5.04 Å². The Kier molecular flexibility index (Phi) is 11.2. The predicted molar refractivity (Wildman–Crippen MR) is 162 cm³/mol. The topological polar surface area (TPSA) is 176 Å². The number of carbonyl (C=O) groups is 1. The van der Waals surface area contributed by atoms with Gasteiger partial charge in [-0.05, 0) is 28.3 Å². The van der Waals surface area contributed by atoms with Crippen LogP contribution in [0.25, 0.3) is 0 Å². The third-order valence-electron chi connectivity index (χ3n) is 8.46. The number of hydrogen-bond donors (Lipinski definition) is 5. The van der Waals surface area contributed by atoms with Gasteiger partial charge in [0.05, 0.1) is 32.0 Å². The molecule has 1 saturated carbocycles. The first kappa shape index (κ1) is 33.7. The van der Waals surface area contributed by atoms with Crippen LogP contribution < -0.4 is 21.8 Å². The van der Waals surface area contributed by atoms with Gasteiger partial charge >= 0.3 is 5.97 Å². The molecule has 43 heavy (non-hydrogen) atoms. The Morgan fingerprint density at radius 1 is 0.953 bits per heavy atom. The standard InChI is InChI=1S/C31H46N2O9Si/c1-31(2,3)43(19-11-7-5-8-12-19,20-13-9-6-10-14-20)42-27-21(32)15-16-22(35)28(27)41-30-25(33)29(39-18-24(36)38-4)26(37)23(17-34)40-30/h5-14,21-23,25-30,34-35,37H,15-18,32-33H2,1-4H3/t21-,22-,23?,25?,26+,27+,28+,29-,30?/m1/s1. The minimum atomic E-state index is -3.11. The summed E-state index contributed by atoms with van der Waals surface area (Å²) in [5.41, 5.74) is 13.2. The Bertz CT molecular complexity index is 1130. The van der Waals surface area contributed by atoms with Crippen molar-refractivity contribution in [2.45, 2.75) is 93.6 Å². The summed E-state index contributed by atoms with van der Waals surface area (Å²) in [5, 5.41) is 33.8. The van der Waals surface area contributed by atoms with Crippen LogP contribution in [-0.2, 0) is 28.2 Å². The van der Waals surface area contributed by atoms with Gasteiger partial charge in [-0.1, -0.05) is 81.4 Å². The Labute approximate surface area is 254 Å². The molecule has 2 fully saturated rings. The second-order valence-corrected chi connectivity index (χ2v) is 16.6. The molecular weight excluding hydrogens is 572 g/mol. The van der Waals surface area contributed by atoms with Crippen LogP contribution in [0.5, 0.6) is 0 Å². The number of carbonyl (C=O) groups excluding carboxylic acids is 1. The number of ether oxygens (including phenoxy) is 4. The molecule has 12 heteroatoms. The molecule has 0 bridgehead atoms. The Morgan fingerprint density at radius 2 is 1.53 bits per heavy atom. The van der Waals surface area contributed by atoms with E-state index in [1.807, 2.05) is 36.4 Å². The molecule has 238 valence electrons. The van der Waals surface area contributed by atoms with Crippen LogP contribution in [0, 0.1) is 0 Å². The maximum Gasteiger partial charge on any atom is 0.331 e. The maximum absolute atomic E-state index is 11.7. The van der Waals surface area contributed by atoms with Gasteiger partial charge in [0.25, 0.3) is 8.32 Å². The van der Waals surface area contributed by atoms with E-state index in [4.69, 9.17) is 30.1 Å². The van der Waals surface area contributed by atoms with E-state index in [0.717, 1.165) is 10.4 Å². The van der Waals surface area contributed by atoms with Crippen LogP contribution >= 0.6 is 0 Å². The fourth-order valence-electron chi connectivity index (χ4n) is 6.17. The molecule has 0 aromatic heterocycles. The van der Waals surface area contributed by atoms with Crippen LogP contribution in [0.3, 0.4) is 0 Å². The zero-order valence-electron chi connectivity index (χ0n) is 25.2. The third kappa shape index (κ3) is 7.04. The van der Waals surface area contributed by atoms with Crippen LogP contribution in [0.15, 0.2) is 60.7 Å². The zero-order valence-corrected chi connectivity index (χ0v) is 26.2. The molecular formula is C31H46N2O9Si. The van der Waals surface area contributed by atoms with Crippen molar-refractivity contribution in [3.8, 4) is 0 Å². The first-order valence-corrected chi connectivity index (χ1v) is 16.6. The molecule has 3 unspecified atom stereocenters. The lowest BCUT2D eigenvalue weighted by atomic mass is 9.88. The number of rotatable bonds is 10. The second kappa shape index (κ2) is 14.2. The van der Waals surface area contributed by atoms with Gasteiger partial charge in [-0.15, -0.1) is 0 Å². The summed E-state index contributed by atoms with van der Waals surface area (Å²) in [7, 11) is -1.89. The first-order chi connectivity index (χ1) is 20.4. The van der Waals surface area contributed by atoms with Gasteiger partial charge in [-0.3, -0.25) is 0 Å². The highest BCUT2D eigenvalue weighted by atomic mass is 28.4. The lowest BCUT2D eigenvalue weighted by molar-refractivity contribution is -0.301. The van der Waals surface area contributed by atoms with Crippen molar-refractivity contribution in [2.24, 2.45) is 11.5 Å². The monoisotopic (exact) mass is 618 g/mol. The van der Waals surface area contributed by atoms with E-state index in [1.165, 1.54) is 7.11 Å². The number of aliphatic hydroxyl groups excluding tert-OH is 3. The molecule has 1 heterocycles. The molecule has 7 N–H and O–H groups in total. The predicted octanol–water partition coefficient (Wildman–Crippen LogP) is -0.238. The van der Waals surface area contributed by atoms with E-state index < -0.39 is 82.5 Å². The SMILES string of the molecule is COC(=O)CO[C@@H]1C(N)C(O[C@@H]2[C@@H](O[Si](c3ccccc3)(c3ccccc3)C(C)(C)C)[C@H](N)CC[C@H]2O)OC(CO)[C@@H]1O. The van der Waals surface area contributed by atoms with Crippen molar-refractivity contribution in [3.63, 3.8) is 0 Å². The normalized spacial score (nSPS) is 31.9. The number of methoxy groups -OCH3 is 1. The molecule has 4 rings (SSSR count). The molecule has 1 saturated heterocycles. The first-order valence-electron chi connectivity index (χ1n) is 14.7. The summed E-state index contributed by atoms with van der Waals surface area (Å²) < 4.78 is 29.9. The van der Waals surface area contributed by atoms with Crippen LogP contribution in [0.1, 0.15) is 33.6 Å². The van der Waals surface area contributed by atoms with Crippen LogP contribution in [0.4, 0.5) is 0 Å². The zero-order chi connectivity index (χ0) is 31.4. The highest BCUT2D eigenvalue weighted by molar-refractivity contribution is 6.99. The van der Waals surface area contributed by atoms with Crippen molar-refractivity contribution in [1.29, 1.82) is 0 Å². The summed E-state index contributed by atoms with van der Waals surface area (Å²) in [4.78, 5) is 11.7. The Balaban J connectivity index is 1.72. The van der Waals surface area contributed by atoms with Crippen molar-refractivity contribution in [3.05, 3.63) is 60.7 Å². The van der Waals surface area contributed by atoms with E-state index in [1.54, 1.807) is 0 Å². The summed E-state index contributed by atoms with van der Waals surface area (Å²) in [5.74, 6) is -0.656. The van der Waals surface area contributed by atoms with Gasteiger partial charge < -0.3 is 50.2 Å². The second-order valence-electron chi connectivity index (χ2n) is 12.3. The fraction of sp³-hybridized carbons (Fsp3) is 0.581. The molecule has 9 atom stereocenters. The summed E-state index contributed by atoms with van der Waals surface area (Å²) in [6.07, 6.45) is -6.62. The van der Waals surface area contributed by atoms with Gasteiger partial charge in [0, 0.05) is 6.04 Å². The van der Waals surface area contributed by atoms with Crippen molar-refractivity contribution >= 4 is 24.7 Å². The lowest BCUT2D eigenvalue weighted by Gasteiger charge is -2.51. The van der Waals surface area contributed by atoms with E-state index in [2.05, 4.69) is 49.8 Å². The minimum absolute atomic E-state index is 0.362. The average molecular weight is 619 g/mol. The lowest BCUT2D eigenvalue weighted by Crippen LogP contribution is -2.72. The summed E-state index contributed by atoms with van der Waals surface area (Å²) in [6, 6.07) is 18.6. The van der Waals surface area contributed by atoms with Crippen LogP contribution in [0.2, 0.25) is 5.04 Å².